The summed E-state index contributed by atoms with van der Waals surface area (Å²) in [7, 11) is 0. The zero-order valence-corrected chi connectivity index (χ0v) is 9.53. The van der Waals surface area contributed by atoms with Crippen LogP contribution < -0.4 is 5.73 Å². The molecule has 0 bridgehead atoms. The average Bonchev–Trinajstić information content (AvgIpc) is 2.93. The maximum atomic E-state index is 5.62. The number of H-pyrrole nitrogens is 1. The summed E-state index contributed by atoms with van der Waals surface area (Å²) >= 11 is 0. The molecule has 0 spiro atoms. The van der Waals surface area contributed by atoms with Crippen molar-refractivity contribution in [2.45, 2.75) is 13.5 Å². The lowest BCUT2D eigenvalue weighted by atomic mass is 10.2. The van der Waals surface area contributed by atoms with Gasteiger partial charge in [-0.1, -0.05) is 6.07 Å². The molecule has 0 radical (unpaired) electrons. The van der Waals surface area contributed by atoms with Crippen LogP contribution in [0.5, 0.6) is 0 Å². The van der Waals surface area contributed by atoms with Gasteiger partial charge < -0.3 is 15.1 Å². The van der Waals surface area contributed by atoms with E-state index in [1.807, 2.05) is 31.2 Å². The van der Waals surface area contributed by atoms with E-state index in [0.29, 0.717) is 6.54 Å². The van der Waals surface area contributed by atoms with Crippen LogP contribution in [-0.2, 0) is 6.54 Å². The Balaban J connectivity index is 2.17. The number of nitrogens with one attached hydrogen (secondary N) is 1. The Labute approximate surface area is 98.5 Å². The molecule has 2 heterocycles. The number of nitrogens with two attached hydrogens (primary N) is 1. The van der Waals surface area contributed by atoms with Gasteiger partial charge in [0.1, 0.15) is 11.6 Å². The zero-order valence-electron chi connectivity index (χ0n) is 9.53. The molecule has 0 amide bonds. The van der Waals surface area contributed by atoms with E-state index in [9.17, 15) is 0 Å². The van der Waals surface area contributed by atoms with Crippen molar-refractivity contribution in [2.24, 2.45) is 5.73 Å². The molecule has 86 valence electrons. The standard InChI is InChI=1S/C13H13N3O/c1-8-10(4-5-17-8)13-15-11-3-2-9(7-14)6-12(11)16-13/h2-6H,7,14H2,1H3,(H,15,16). The van der Waals surface area contributed by atoms with Crippen molar-refractivity contribution in [3.05, 3.63) is 41.9 Å². The van der Waals surface area contributed by atoms with Crippen LogP contribution in [0.25, 0.3) is 22.4 Å². The highest BCUT2D eigenvalue weighted by Crippen LogP contribution is 2.24. The van der Waals surface area contributed by atoms with Gasteiger partial charge in [0.2, 0.25) is 0 Å². The highest BCUT2D eigenvalue weighted by Gasteiger charge is 2.09. The van der Waals surface area contributed by atoms with E-state index in [2.05, 4.69) is 9.97 Å². The van der Waals surface area contributed by atoms with Gasteiger partial charge in [-0.25, -0.2) is 4.98 Å². The van der Waals surface area contributed by atoms with Crippen LogP contribution in [0, 0.1) is 6.92 Å². The Hall–Kier alpha value is -2.07. The largest absolute Gasteiger partial charge is 0.469 e. The van der Waals surface area contributed by atoms with E-state index in [-0.39, 0.29) is 0 Å². The molecule has 4 nitrogen and oxygen atoms in total. The molecule has 0 aliphatic carbocycles. The van der Waals surface area contributed by atoms with Crippen LogP contribution in [0.4, 0.5) is 0 Å². The van der Waals surface area contributed by atoms with Gasteiger partial charge in [0, 0.05) is 6.54 Å². The van der Waals surface area contributed by atoms with Crippen molar-refractivity contribution in [3.8, 4) is 11.4 Å². The second kappa shape index (κ2) is 3.75. The molecule has 0 atom stereocenters. The first-order valence-corrected chi connectivity index (χ1v) is 5.51. The van der Waals surface area contributed by atoms with Crippen molar-refractivity contribution in [3.63, 3.8) is 0 Å². The van der Waals surface area contributed by atoms with Gasteiger partial charge >= 0.3 is 0 Å². The summed E-state index contributed by atoms with van der Waals surface area (Å²) in [6.45, 7) is 2.46. The lowest BCUT2D eigenvalue weighted by Crippen LogP contribution is -1.95. The molecule has 3 N–H and O–H groups in total. The third-order valence-corrected chi connectivity index (χ3v) is 2.90. The SMILES string of the molecule is Cc1occc1-c1nc2ccc(CN)cc2[nH]1. The third kappa shape index (κ3) is 1.62. The van der Waals surface area contributed by atoms with Crippen LogP contribution in [0.3, 0.4) is 0 Å². The van der Waals surface area contributed by atoms with Gasteiger partial charge in [0.25, 0.3) is 0 Å². The Kier molecular flexibility index (Phi) is 2.23. The monoisotopic (exact) mass is 227 g/mol. The molecule has 0 aliphatic heterocycles. The second-order valence-corrected chi connectivity index (χ2v) is 4.03. The van der Waals surface area contributed by atoms with Gasteiger partial charge in [0.15, 0.2) is 0 Å². The molecule has 3 aromatic rings. The minimum absolute atomic E-state index is 0.537. The molecule has 1 aromatic carbocycles. The van der Waals surface area contributed by atoms with Crippen molar-refractivity contribution in [1.29, 1.82) is 0 Å². The van der Waals surface area contributed by atoms with Gasteiger partial charge in [0.05, 0.1) is 22.9 Å². The maximum absolute atomic E-state index is 5.62. The number of fused-ring (bicyclic) bond motifs is 1. The number of aromatic amines is 1. The Bertz CT molecular complexity index is 666. The summed E-state index contributed by atoms with van der Waals surface area (Å²) in [6, 6.07) is 7.92. The number of aryl methyl sites for hydroxylation is 1. The predicted octanol–water partition coefficient (Wildman–Crippen LogP) is 2.59. The predicted molar refractivity (Wildman–Crippen MR) is 66.4 cm³/mol. The molecule has 4 heteroatoms. The van der Waals surface area contributed by atoms with Gasteiger partial charge in [-0.15, -0.1) is 0 Å². The number of benzene rings is 1. The summed E-state index contributed by atoms with van der Waals surface area (Å²) < 4.78 is 5.28. The molecule has 0 aliphatic rings. The number of aromatic nitrogens is 2. The maximum Gasteiger partial charge on any atom is 0.142 e. The Morgan fingerprint density at radius 1 is 1.35 bits per heavy atom. The summed E-state index contributed by atoms with van der Waals surface area (Å²) in [5, 5.41) is 0. The Morgan fingerprint density at radius 2 is 2.24 bits per heavy atom. The second-order valence-electron chi connectivity index (χ2n) is 4.03. The fourth-order valence-electron chi connectivity index (χ4n) is 1.94. The molecule has 2 aromatic heterocycles. The molecule has 0 fully saturated rings. The number of hydrogen-bond acceptors (Lipinski definition) is 3. The summed E-state index contributed by atoms with van der Waals surface area (Å²) in [4.78, 5) is 7.82. The minimum Gasteiger partial charge on any atom is -0.469 e. The van der Waals surface area contributed by atoms with E-state index < -0.39 is 0 Å². The average molecular weight is 227 g/mol. The number of imidazole rings is 1. The number of nitrogens with zero attached hydrogens (tertiary/aromatic N) is 1. The van der Waals surface area contributed by atoms with E-state index in [1.165, 1.54) is 0 Å². The molecular weight excluding hydrogens is 214 g/mol. The molecule has 0 unspecified atom stereocenters. The number of rotatable bonds is 2. The number of hydrogen-bond donors (Lipinski definition) is 2. The van der Waals surface area contributed by atoms with Crippen LogP contribution in [0.15, 0.2) is 34.9 Å². The van der Waals surface area contributed by atoms with Crippen molar-refractivity contribution >= 4 is 11.0 Å². The van der Waals surface area contributed by atoms with Gasteiger partial charge in [-0.3, -0.25) is 0 Å². The number of furan rings is 1. The van der Waals surface area contributed by atoms with Crippen LogP contribution in [0.1, 0.15) is 11.3 Å². The first-order chi connectivity index (χ1) is 8.28. The topological polar surface area (TPSA) is 67.8 Å². The van der Waals surface area contributed by atoms with Crippen molar-refractivity contribution < 1.29 is 4.42 Å². The smallest absolute Gasteiger partial charge is 0.142 e. The van der Waals surface area contributed by atoms with Crippen LogP contribution in [0.2, 0.25) is 0 Å². The highest BCUT2D eigenvalue weighted by molar-refractivity contribution is 5.80. The lowest BCUT2D eigenvalue weighted by Gasteiger charge is -1.94. The molecule has 3 rings (SSSR count). The van der Waals surface area contributed by atoms with Crippen molar-refractivity contribution in [2.75, 3.05) is 0 Å². The highest BCUT2D eigenvalue weighted by atomic mass is 16.3. The van der Waals surface area contributed by atoms with Crippen molar-refractivity contribution in [1.82, 2.24) is 9.97 Å². The zero-order chi connectivity index (χ0) is 11.8. The van der Waals surface area contributed by atoms with E-state index in [1.54, 1.807) is 6.26 Å². The first-order valence-electron chi connectivity index (χ1n) is 5.51. The molecular formula is C13H13N3O. The van der Waals surface area contributed by atoms with E-state index in [0.717, 1.165) is 33.7 Å². The quantitative estimate of drug-likeness (QED) is 0.707. The minimum atomic E-state index is 0.537. The van der Waals surface area contributed by atoms with Gasteiger partial charge in [-0.2, -0.15) is 0 Å². The summed E-state index contributed by atoms with van der Waals surface area (Å²) in [6.07, 6.45) is 1.67. The summed E-state index contributed by atoms with van der Waals surface area (Å²) in [5.41, 5.74) is 9.65. The first kappa shape index (κ1) is 10.1. The van der Waals surface area contributed by atoms with Crippen LogP contribution >= 0.6 is 0 Å². The van der Waals surface area contributed by atoms with Crippen LogP contribution in [-0.4, -0.2) is 9.97 Å². The lowest BCUT2D eigenvalue weighted by molar-refractivity contribution is 0.535. The molecule has 0 saturated heterocycles. The van der Waals surface area contributed by atoms with E-state index >= 15 is 0 Å². The molecule has 17 heavy (non-hydrogen) atoms. The normalized spacial score (nSPS) is 11.2. The van der Waals surface area contributed by atoms with Gasteiger partial charge in [-0.05, 0) is 30.7 Å². The van der Waals surface area contributed by atoms with E-state index in [4.69, 9.17) is 10.2 Å². The molecule has 0 saturated carbocycles. The third-order valence-electron chi connectivity index (χ3n) is 2.90. The summed E-state index contributed by atoms with van der Waals surface area (Å²) in [5.74, 6) is 1.70. The Morgan fingerprint density at radius 3 is 2.94 bits per heavy atom. The fourth-order valence-corrected chi connectivity index (χ4v) is 1.94. The fraction of sp³-hybridized carbons (Fsp3) is 0.154.